The topological polar surface area (TPSA) is 29.1 Å². The summed E-state index contributed by atoms with van der Waals surface area (Å²) in [6.07, 6.45) is 0. The molecule has 0 fully saturated rings. The molecule has 1 aromatic rings. The summed E-state index contributed by atoms with van der Waals surface area (Å²) in [4.78, 5) is 11.3. The van der Waals surface area contributed by atoms with Crippen LogP contribution in [0.2, 0.25) is 0 Å². The average molecular weight is 292 g/mol. The van der Waals surface area contributed by atoms with Crippen molar-refractivity contribution in [2.24, 2.45) is 0 Å². The summed E-state index contributed by atoms with van der Waals surface area (Å²) in [7, 11) is 0. The van der Waals surface area contributed by atoms with Gasteiger partial charge in [-0.05, 0) is 24.3 Å². The molecule has 0 bridgehead atoms. The van der Waals surface area contributed by atoms with Crippen LogP contribution in [0.4, 0.5) is 10.1 Å². The van der Waals surface area contributed by atoms with Gasteiger partial charge in [-0.25, -0.2) is 4.39 Å². The van der Waals surface area contributed by atoms with E-state index in [4.69, 9.17) is 0 Å². The number of thioether (sulfide) groups is 1. The van der Waals surface area contributed by atoms with Crippen LogP contribution < -0.4 is 5.32 Å². The van der Waals surface area contributed by atoms with Gasteiger partial charge in [-0.15, -0.1) is 0 Å². The van der Waals surface area contributed by atoms with Gasteiger partial charge in [0.05, 0.1) is 5.75 Å². The predicted molar refractivity (Wildman–Crippen MR) is 66.1 cm³/mol. The smallest absolute Gasteiger partial charge is 0.234 e. The van der Waals surface area contributed by atoms with Gasteiger partial charge in [-0.3, -0.25) is 4.79 Å². The first kappa shape index (κ1) is 12.5. The molecule has 0 heterocycles. The zero-order valence-electron chi connectivity index (χ0n) is 8.00. The molecular weight excluding hydrogens is 281 g/mol. The zero-order valence-corrected chi connectivity index (χ0v) is 10.4. The number of hydrogen-bond donors (Lipinski definition) is 1. The first-order chi connectivity index (χ1) is 7.22. The third-order valence-electron chi connectivity index (χ3n) is 1.58. The number of carbonyl (C=O) groups excluding carboxylic acids is 1. The van der Waals surface area contributed by atoms with Crippen molar-refractivity contribution in [2.45, 2.75) is 0 Å². The number of hydrogen-bond acceptors (Lipinski definition) is 2. The summed E-state index contributed by atoms with van der Waals surface area (Å²) in [6, 6.07) is 5.73. The lowest BCUT2D eigenvalue weighted by atomic mass is 10.3. The highest BCUT2D eigenvalue weighted by atomic mass is 79.9. The monoisotopic (exact) mass is 291 g/mol. The highest BCUT2D eigenvalue weighted by molar-refractivity contribution is 9.09. The molecule has 82 valence electrons. The largest absolute Gasteiger partial charge is 0.325 e. The molecule has 5 heteroatoms. The van der Waals surface area contributed by atoms with Crippen LogP contribution in [0.1, 0.15) is 0 Å². The van der Waals surface area contributed by atoms with E-state index in [2.05, 4.69) is 21.2 Å². The van der Waals surface area contributed by atoms with Gasteiger partial charge in [0.2, 0.25) is 5.91 Å². The fourth-order valence-electron chi connectivity index (χ4n) is 0.950. The van der Waals surface area contributed by atoms with Gasteiger partial charge in [0.15, 0.2) is 0 Å². The molecule has 2 nitrogen and oxygen atoms in total. The van der Waals surface area contributed by atoms with E-state index < -0.39 is 0 Å². The fraction of sp³-hybridized carbons (Fsp3) is 0.300. The number of amides is 1. The molecule has 1 aromatic carbocycles. The Labute approximate surface area is 101 Å². The van der Waals surface area contributed by atoms with Crippen molar-refractivity contribution >= 4 is 39.3 Å². The third kappa shape index (κ3) is 5.18. The van der Waals surface area contributed by atoms with Crippen LogP contribution in [0.15, 0.2) is 24.3 Å². The van der Waals surface area contributed by atoms with Crippen LogP contribution >= 0.6 is 27.7 Å². The van der Waals surface area contributed by atoms with Crippen LogP contribution in [0.3, 0.4) is 0 Å². The summed E-state index contributed by atoms with van der Waals surface area (Å²) in [5, 5.41) is 3.56. The van der Waals surface area contributed by atoms with Crippen molar-refractivity contribution in [3.63, 3.8) is 0 Å². The summed E-state index contributed by atoms with van der Waals surface area (Å²) in [6.45, 7) is 0. The molecule has 1 N–H and O–H groups in total. The Morgan fingerprint density at radius 1 is 1.40 bits per heavy atom. The van der Waals surface area contributed by atoms with Crippen LogP contribution in [-0.2, 0) is 4.79 Å². The van der Waals surface area contributed by atoms with Gasteiger partial charge < -0.3 is 5.32 Å². The van der Waals surface area contributed by atoms with Gasteiger partial charge in [-0.1, -0.05) is 15.9 Å². The first-order valence-corrected chi connectivity index (χ1v) is 6.69. The minimum Gasteiger partial charge on any atom is -0.325 e. The van der Waals surface area contributed by atoms with Crippen molar-refractivity contribution < 1.29 is 9.18 Å². The van der Waals surface area contributed by atoms with E-state index in [0.717, 1.165) is 11.1 Å². The third-order valence-corrected chi connectivity index (χ3v) is 3.46. The average Bonchev–Trinajstić information content (AvgIpc) is 2.22. The Morgan fingerprint density at radius 2 is 2.07 bits per heavy atom. The summed E-state index contributed by atoms with van der Waals surface area (Å²) in [5.41, 5.74) is 0.626. The summed E-state index contributed by atoms with van der Waals surface area (Å²) in [5.74, 6) is 0.953. The molecule has 0 aliphatic rings. The predicted octanol–water partition coefficient (Wildman–Crippen LogP) is 2.89. The van der Waals surface area contributed by atoms with Gasteiger partial charge in [-0.2, -0.15) is 11.8 Å². The van der Waals surface area contributed by atoms with E-state index >= 15 is 0 Å². The Bertz CT molecular complexity index is 318. The fourth-order valence-corrected chi connectivity index (χ4v) is 2.15. The lowest BCUT2D eigenvalue weighted by Gasteiger charge is -2.04. The number of halogens is 2. The molecule has 0 saturated heterocycles. The number of carbonyl (C=O) groups is 1. The first-order valence-electron chi connectivity index (χ1n) is 4.41. The van der Waals surface area contributed by atoms with Gasteiger partial charge in [0, 0.05) is 16.8 Å². The Balaban J connectivity index is 2.34. The zero-order chi connectivity index (χ0) is 11.1. The highest BCUT2D eigenvalue weighted by Crippen LogP contribution is 2.09. The lowest BCUT2D eigenvalue weighted by Crippen LogP contribution is -2.14. The van der Waals surface area contributed by atoms with E-state index in [-0.39, 0.29) is 11.7 Å². The van der Waals surface area contributed by atoms with Gasteiger partial charge in [0.25, 0.3) is 0 Å². The van der Waals surface area contributed by atoms with E-state index in [1.807, 2.05) is 0 Å². The quantitative estimate of drug-likeness (QED) is 0.668. The number of benzene rings is 1. The summed E-state index contributed by atoms with van der Waals surface area (Å²) < 4.78 is 12.6. The second kappa shape index (κ2) is 6.85. The summed E-state index contributed by atoms with van der Waals surface area (Å²) >= 11 is 4.83. The van der Waals surface area contributed by atoms with Crippen LogP contribution in [0.5, 0.6) is 0 Å². The molecule has 1 amide bonds. The maximum atomic E-state index is 12.6. The highest BCUT2D eigenvalue weighted by Gasteiger charge is 2.01. The van der Waals surface area contributed by atoms with E-state index in [9.17, 15) is 9.18 Å². The minimum atomic E-state index is -0.304. The SMILES string of the molecule is O=C(CSCCBr)Nc1ccc(F)cc1. The second-order valence-corrected chi connectivity index (χ2v) is 4.69. The van der Waals surface area contributed by atoms with Crippen LogP contribution in [0, 0.1) is 5.82 Å². The molecule has 0 aliphatic carbocycles. The van der Waals surface area contributed by atoms with E-state index in [1.54, 1.807) is 23.9 Å². The molecule has 15 heavy (non-hydrogen) atoms. The number of rotatable bonds is 5. The number of anilines is 1. The Kier molecular flexibility index (Phi) is 5.71. The van der Waals surface area contributed by atoms with Gasteiger partial charge in [0.1, 0.15) is 5.82 Å². The van der Waals surface area contributed by atoms with Crippen LogP contribution in [0.25, 0.3) is 0 Å². The van der Waals surface area contributed by atoms with E-state index in [0.29, 0.717) is 11.4 Å². The molecule has 0 radical (unpaired) electrons. The van der Waals surface area contributed by atoms with Gasteiger partial charge >= 0.3 is 0 Å². The number of nitrogens with one attached hydrogen (secondary N) is 1. The Morgan fingerprint density at radius 3 is 2.67 bits per heavy atom. The lowest BCUT2D eigenvalue weighted by molar-refractivity contribution is -0.113. The molecule has 0 saturated carbocycles. The van der Waals surface area contributed by atoms with Crippen molar-refractivity contribution in [3.05, 3.63) is 30.1 Å². The molecule has 0 spiro atoms. The number of alkyl halides is 1. The molecule has 0 aliphatic heterocycles. The van der Waals surface area contributed by atoms with Crippen molar-refractivity contribution in [1.82, 2.24) is 0 Å². The molecule has 0 unspecified atom stereocenters. The maximum Gasteiger partial charge on any atom is 0.234 e. The van der Waals surface area contributed by atoms with E-state index in [1.165, 1.54) is 12.1 Å². The second-order valence-electron chi connectivity index (χ2n) is 2.80. The van der Waals surface area contributed by atoms with Crippen molar-refractivity contribution in [3.8, 4) is 0 Å². The molecule has 0 aromatic heterocycles. The normalized spacial score (nSPS) is 10.0. The molecule has 0 atom stereocenters. The van der Waals surface area contributed by atoms with Crippen LogP contribution in [-0.4, -0.2) is 22.7 Å². The molecule has 1 rings (SSSR count). The van der Waals surface area contributed by atoms with Crippen molar-refractivity contribution in [1.29, 1.82) is 0 Å². The standard InChI is InChI=1S/C10H11BrFNOS/c11-5-6-15-7-10(14)13-9-3-1-8(12)2-4-9/h1-4H,5-7H2,(H,13,14). The molecular formula is C10H11BrFNOS. The Hall–Kier alpha value is -0.550. The van der Waals surface area contributed by atoms with Crippen molar-refractivity contribution in [2.75, 3.05) is 22.2 Å². The minimum absolute atomic E-state index is 0.0624. The maximum absolute atomic E-state index is 12.6.